The highest BCUT2D eigenvalue weighted by Crippen LogP contribution is 2.35. The van der Waals surface area contributed by atoms with E-state index in [9.17, 15) is 14.3 Å². The first-order chi connectivity index (χ1) is 12.9. The molecule has 154 valence electrons. The monoisotopic (exact) mass is 423 g/mol. The Morgan fingerprint density at radius 1 is 1.18 bits per heavy atom. The zero-order valence-corrected chi connectivity index (χ0v) is 19.3. The summed E-state index contributed by atoms with van der Waals surface area (Å²) in [5.74, 6) is -0.0914. The van der Waals surface area contributed by atoms with Crippen LogP contribution in [0.5, 0.6) is 0 Å². The Morgan fingerprint density at radius 2 is 1.71 bits per heavy atom. The standard InChI is InChI=1S/C22H30FNO2S2/c1-12(2)16-8-15(23)9-17(13(3)4)18(16)10-20(25)24-28-21-11-19(14(5)27-21)22(6,7)26/h8-9,11-13,26H,10H2,1-7H3,(H,24,25). The lowest BCUT2D eigenvalue weighted by Gasteiger charge is -2.19. The van der Waals surface area contributed by atoms with E-state index in [-0.39, 0.29) is 30.0 Å². The molecule has 2 rings (SSSR count). The normalized spacial score (nSPS) is 12.1. The van der Waals surface area contributed by atoms with Crippen LogP contribution in [0, 0.1) is 12.7 Å². The molecule has 0 aliphatic carbocycles. The fourth-order valence-electron chi connectivity index (χ4n) is 3.33. The van der Waals surface area contributed by atoms with Gasteiger partial charge in [-0.1, -0.05) is 27.7 Å². The largest absolute Gasteiger partial charge is 0.386 e. The summed E-state index contributed by atoms with van der Waals surface area (Å²) in [6.45, 7) is 13.5. The molecule has 0 saturated heterocycles. The highest BCUT2D eigenvalue weighted by Gasteiger charge is 2.22. The number of rotatable bonds is 7. The molecule has 0 saturated carbocycles. The van der Waals surface area contributed by atoms with Gasteiger partial charge in [0, 0.05) is 4.88 Å². The molecule has 1 amide bonds. The van der Waals surface area contributed by atoms with Crippen molar-refractivity contribution in [2.24, 2.45) is 0 Å². The number of hydrogen-bond donors (Lipinski definition) is 2. The van der Waals surface area contributed by atoms with E-state index in [4.69, 9.17) is 0 Å². The quantitative estimate of drug-likeness (QED) is 0.534. The Labute approximate surface area is 175 Å². The van der Waals surface area contributed by atoms with Crippen molar-refractivity contribution in [2.45, 2.75) is 76.5 Å². The molecule has 28 heavy (non-hydrogen) atoms. The molecule has 1 aromatic heterocycles. The number of hydrogen-bond acceptors (Lipinski definition) is 4. The molecule has 1 aromatic carbocycles. The maximum absolute atomic E-state index is 14.0. The van der Waals surface area contributed by atoms with E-state index in [1.807, 2.05) is 40.7 Å². The van der Waals surface area contributed by atoms with E-state index >= 15 is 0 Å². The van der Waals surface area contributed by atoms with Gasteiger partial charge in [0.25, 0.3) is 0 Å². The Balaban J connectivity index is 2.18. The number of amides is 1. The van der Waals surface area contributed by atoms with Crippen LogP contribution in [-0.2, 0) is 16.8 Å². The fourth-order valence-corrected chi connectivity index (χ4v) is 5.36. The number of aryl methyl sites for hydroxylation is 1. The molecule has 1 heterocycles. The molecule has 0 aliphatic heterocycles. The average Bonchev–Trinajstić information content (AvgIpc) is 2.95. The van der Waals surface area contributed by atoms with E-state index in [1.165, 1.54) is 11.9 Å². The number of benzene rings is 1. The number of carbonyl (C=O) groups is 1. The van der Waals surface area contributed by atoms with Gasteiger partial charge < -0.3 is 5.11 Å². The Bertz CT molecular complexity index is 822. The first-order valence-corrected chi connectivity index (χ1v) is 11.1. The lowest BCUT2D eigenvalue weighted by molar-refractivity contribution is -0.118. The molecule has 0 spiro atoms. The van der Waals surface area contributed by atoms with Gasteiger partial charge in [0.1, 0.15) is 5.82 Å². The molecule has 2 N–H and O–H groups in total. The SMILES string of the molecule is Cc1sc(SNC(=O)Cc2c(C(C)C)cc(F)cc2C(C)C)cc1C(C)(C)O. The second-order valence-corrected chi connectivity index (χ2v) is 10.6. The van der Waals surface area contributed by atoms with Crippen molar-refractivity contribution in [3.63, 3.8) is 0 Å². The molecule has 0 fully saturated rings. The summed E-state index contributed by atoms with van der Waals surface area (Å²) in [6, 6.07) is 5.01. The summed E-state index contributed by atoms with van der Waals surface area (Å²) < 4.78 is 17.9. The van der Waals surface area contributed by atoms with Crippen molar-refractivity contribution in [3.8, 4) is 0 Å². The number of halogens is 1. The van der Waals surface area contributed by atoms with Gasteiger partial charge in [0.2, 0.25) is 5.91 Å². The maximum Gasteiger partial charge on any atom is 0.234 e. The van der Waals surface area contributed by atoms with E-state index in [0.717, 1.165) is 31.3 Å². The molecule has 0 bridgehead atoms. The van der Waals surface area contributed by atoms with Crippen LogP contribution >= 0.6 is 23.3 Å². The second-order valence-electron chi connectivity index (χ2n) is 8.27. The van der Waals surface area contributed by atoms with Crippen LogP contribution in [0.4, 0.5) is 4.39 Å². The zero-order valence-electron chi connectivity index (χ0n) is 17.6. The summed E-state index contributed by atoms with van der Waals surface area (Å²) in [7, 11) is 0. The number of aliphatic hydroxyl groups is 1. The third kappa shape index (κ3) is 5.58. The van der Waals surface area contributed by atoms with Gasteiger partial charge in [-0.3, -0.25) is 9.52 Å². The van der Waals surface area contributed by atoms with Crippen LogP contribution in [0.1, 0.15) is 80.5 Å². The summed E-state index contributed by atoms with van der Waals surface area (Å²) in [4.78, 5) is 13.7. The molecule has 3 nitrogen and oxygen atoms in total. The highest BCUT2D eigenvalue weighted by molar-refractivity contribution is 7.99. The van der Waals surface area contributed by atoms with Crippen LogP contribution in [0.3, 0.4) is 0 Å². The van der Waals surface area contributed by atoms with Gasteiger partial charge in [-0.15, -0.1) is 11.3 Å². The Hall–Kier alpha value is -1.37. The van der Waals surface area contributed by atoms with Crippen molar-refractivity contribution in [2.75, 3.05) is 0 Å². The van der Waals surface area contributed by atoms with Gasteiger partial charge >= 0.3 is 0 Å². The van der Waals surface area contributed by atoms with E-state index in [0.29, 0.717) is 0 Å². The second kappa shape index (κ2) is 8.97. The maximum atomic E-state index is 14.0. The number of thiophene rings is 1. The summed E-state index contributed by atoms with van der Waals surface area (Å²) in [6.07, 6.45) is 0.219. The van der Waals surface area contributed by atoms with Crippen molar-refractivity contribution >= 4 is 29.2 Å². The van der Waals surface area contributed by atoms with Gasteiger partial charge in [0.15, 0.2) is 0 Å². The van der Waals surface area contributed by atoms with Crippen molar-refractivity contribution in [1.82, 2.24) is 4.72 Å². The minimum atomic E-state index is -0.907. The van der Waals surface area contributed by atoms with Gasteiger partial charge in [-0.2, -0.15) is 0 Å². The first kappa shape index (κ1) is 22.9. The van der Waals surface area contributed by atoms with Crippen LogP contribution in [0.2, 0.25) is 0 Å². The van der Waals surface area contributed by atoms with Crippen LogP contribution < -0.4 is 4.72 Å². The molecule has 0 atom stereocenters. The van der Waals surface area contributed by atoms with Gasteiger partial charge in [0.05, 0.1) is 16.2 Å². The van der Waals surface area contributed by atoms with E-state index in [1.54, 1.807) is 37.3 Å². The number of carbonyl (C=O) groups excluding carboxylic acids is 1. The molecule has 2 aromatic rings. The predicted molar refractivity (Wildman–Crippen MR) is 117 cm³/mol. The van der Waals surface area contributed by atoms with Crippen LogP contribution in [0.25, 0.3) is 0 Å². The summed E-state index contributed by atoms with van der Waals surface area (Å²) >= 11 is 2.81. The summed E-state index contributed by atoms with van der Waals surface area (Å²) in [5.41, 5.74) is 2.66. The molecule has 6 heteroatoms. The summed E-state index contributed by atoms with van der Waals surface area (Å²) in [5, 5.41) is 10.2. The molecular formula is C22H30FNO2S2. The topological polar surface area (TPSA) is 49.3 Å². The highest BCUT2D eigenvalue weighted by atomic mass is 32.2. The fraction of sp³-hybridized carbons (Fsp3) is 0.500. The minimum Gasteiger partial charge on any atom is -0.386 e. The molecule has 0 unspecified atom stereocenters. The predicted octanol–water partition coefficient (Wildman–Crippen LogP) is 6.04. The van der Waals surface area contributed by atoms with Crippen LogP contribution in [-0.4, -0.2) is 11.0 Å². The third-order valence-corrected chi connectivity index (χ3v) is 6.68. The average molecular weight is 424 g/mol. The Kier molecular flexibility index (Phi) is 7.34. The van der Waals surface area contributed by atoms with Crippen molar-refractivity contribution in [3.05, 3.63) is 51.1 Å². The number of nitrogens with one attached hydrogen (secondary N) is 1. The lowest BCUT2D eigenvalue weighted by Crippen LogP contribution is -2.20. The van der Waals surface area contributed by atoms with Crippen LogP contribution in [0.15, 0.2) is 22.4 Å². The van der Waals surface area contributed by atoms with Gasteiger partial charge in [-0.25, -0.2) is 4.39 Å². The van der Waals surface area contributed by atoms with E-state index < -0.39 is 5.60 Å². The molecule has 0 radical (unpaired) electrons. The van der Waals surface area contributed by atoms with Gasteiger partial charge in [-0.05, 0) is 85.0 Å². The first-order valence-electron chi connectivity index (χ1n) is 9.51. The third-order valence-electron chi connectivity index (χ3n) is 4.68. The lowest BCUT2D eigenvalue weighted by atomic mass is 9.87. The molecule has 0 aliphatic rings. The van der Waals surface area contributed by atoms with E-state index in [2.05, 4.69) is 4.72 Å². The molecular weight excluding hydrogens is 393 g/mol. The van der Waals surface area contributed by atoms with Crippen molar-refractivity contribution < 1.29 is 14.3 Å². The minimum absolute atomic E-state index is 0.115. The Morgan fingerprint density at radius 3 is 2.14 bits per heavy atom. The zero-order chi connectivity index (χ0) is 21.2. The smallest absolute Gasteiger partial charge is 0.234 e. The van der Waals surface area contributed by atoms with Crippen molar-refractivity contribution in [1.29, 1.82) is 0 Å².